The summed E-state index contributed by atoms with van der Waals surface area (Å²) in [6.07, 6.45) is 8.86. The SMILES string of the molecule is C=C/C=C(\C=C/C)CCN1CCN(C(=O)c2cccc([N+](=O)[O-])c2)CC1. The number of allylic oxidation sites excluding steroid dienone is 4. The highest BCUT2D eigenvalue weighted by molar-refractivity contribution is 5.94. The van der Waals surface area contributed by atoms with Crippen LogP contribution in [0.5, 0.6) is 0 Å². The van der Waals surface area contributed by atoms with Crippen molar-refractivity contribution in [2.45, 2.75) is 13.3 Å². The Morgan fingerprint density at radius 3 is 2.65 bits per heavy atom. The maximum absolute atomic E-state index is 12.6. The van der Waals surface area contributed by atoms with E-state index >= 15 is 0 Å². The quantitative estimate of drug-likeness (QED) is 0.427. The normalized spacial score (nSPS) is 16.0. The molecular weight excluding hydrogens is 330 g/mol. The fourth-order valence-corrected chi connectivity index (χ4v) is 2.98. The van der Waals surface area contributed by atoms with Crippen LogP contribution < -0.4 is 0 Å². The van der Waals surface area contributed by atoms with Gasteiger partial charge in [0.1, 0.15) is 0 Å². The molecule has 0 saturated carbocycles. The maximum Gasteiger partial charge on any atom is 0.270 e. The van der Waals surface area contributed by atoms with Crippen LogP contribution in [-0.4, -0.2) is 53.4 Å². The number of hydrogen-bond acceptors (Lipinski definition) is 4. The number of piperazine rings is 1. The summed E-state index contributed by atoms with van der Waals surface area (Å²) in [5.74, 6) is -0.144. The zero-order chi connectivity index (χ0) is 18.9. The molecule has 6 heteroatoms. The molecule has 6 nitrogen and oxygen atoms in total. The van der Waals surface area contributed by atoms with Crippen molar-refractivity contribution in [3.63, 3.8) is 0 Å². The average Bonchev–Trinajstić information content (AvgIpc) is 2.66. The van der Waals surface area contributed by atoms with E-state index in [1.807, 2.05) is 19.1 Å². The van der Waals surface area contributed by atoms with Crippen LogP contribution in [-0.2, 0) is 0 Å². The summed E-state index contributed by atoms with van der Waals surface area (Å²) in [5, 5.41) is 10.9. The lowest BCUT2D eigenvalue weighted by molar-refractivity contribution is -0.384. The minimum atomic E-state index is -0.478. The second-order valence-electron chi connectivity index (χ2n) is 6.17. The van der Waals surface area contributed by atoms with Crippen molar-refractivity contribution < 1.29 is 9.72 Å². The van der Waals surface area contributed by atoms with Crippen molar-refractivity contribution >= 4 is 11.6 Å². The zero-order valence-electron chi connectivity index (χ0n) is 15.1. The Hall–Kier alpha value is -2.73. The van der Waals surface area contributed by atoms with Gasteiger partial charge in [-0.05, 0) is 25.0 Å². The van der Waals surface area contributed by atoms with Gasteiger partial charge >= 0.3 is 0 Å². The molecule has 1 aromatic rings. The summed E-state index contributed by atoms with van der Waals surface area (Å²) in [4.78, 5) is 27.1. The van der Waals surface area contributed by atoms with Crippen molar-refractivity contribution in [2.24, 2.45) is 0 Å². The molecule has 1 fully saturated rings. The van der Waals surface area contributed by atoms with Gasteiger partial charge in [-0.2, -0.15) is 0 Å². The molecule has 1 saturated heterocycles. The third-order valence-electron chi connectivity index (χ3n) is 4.39. The lowest BCUT2D eigenvalue weighted by Gasteiger charge is -2.34. The van der Waals surface area contributed by atoms with Gasteiger partial charge in [-0.15, -0.1) is 0 Å². The molecule has 0 aliphatic carbocycles. The van der Waals surface area contributed by atoms with Gasteiger partial charge in [-0.1, -0.05) is 36.9 Å². The van der Waals surface area contributed by atoms with Crippen molar-refractivity contribution in [1.82, 2.24) is 9.80 Å². The number of amides is 1. The van der Waals surface area contributed by atoms with Crippen LogP contribution in [0.3, 0.4) is 0 Å². The molecule has 0 N–H and O–H groups in total. The van der Waals surface area contributed by atoms with Gasteiger partial charge in [0, 0.05) is 50.4 Å². The Morgan fingerprint density at radius 2 is 2.04 bits per heavy atom. The first-order chi connectivity index (χ1) is 12.5. The molecule has 138 valence electrons. The topological polar surface area (TPSA) is 66.7 Å². The molecule has 0 atom stereocenters. The summed E-state index contributed by atoms with van der Waals surface area (Å²) in [5.41, 5.74) is 1.55. The molecule has 26 heavy (non-hydrogen) atoms. The number of nitrogens with zero attached hydrogens (tertiary/aromatic N) is 3. The van der Waals surface area contributed by atoms with Crippen LogP contribution in [0.15, 0.2) is 60.7 Å². The minimum Gasteiger partial charge on any atom is -0.336 e. The Balaban J connectivity index is 1.88. The van der Waals surface area contributed by atoms with E-state index in [9.17, 15) is 14.9 Å². The Labute approximate surface area is 154 Å². The van der Waals surface area contributed by atoms with Crippen LogP contribution >= 0.6 is 0 Å². The van der Waals surface area contributed by atoms with Gasteiger partial charge in [-0.3, -0.25) is 19.8 Å². The summed E-state index contributed by atoms with van der Waals surface area (Å²) < 4.78 is 0. The van der Waals surface area contributed by atoms with E-state index in [0.29, 0.717) is 18.7 Å². The van der Waals surface area contributed by atoms with Crippen molar-refractivity contribution in [2.75, 3.05) is 32.7 Å². The van der Waals surface area contributed by atoms with Crippen LogP contribution in [0.25, 0.3) is 0 Å². The Kier molecular flexibility index (Phi) is 7.29. The summed E-state index contributed by atoms with van der Waals surface area (Å²) in [7, 11) is 0. The van der Waals surface area contributed by atoms with Crippen LogP contribution in [0.2, 0.25) is 0 Å². The molecule has 0 radical (unpaired) electrons. The first kappa shape index (κ1) is 19.6. The molecule has 1 heterocycles. The highest BCUT2D eigenvalue weighted by Gasteiger charge is 2.23. The minimum absolute atomic E-state index is 0.0556. The highest BCUT2D eigenvalue weighted by Crippen LogP contribution is 2.16. The molecule has 1 aliphatic rings. The number of rotatable bonds is 7. The van der Waals surface area contributed by atoms with E-state index in [2.05, 4.69) is 17.6 Å². The third kappa shape index (κ3) is 5.39. The first-order valence-corrected chi connectivity index (χ1v) is 8.75. The number of non-ortho nitro benzene ring substituents is 1. The molecule has 1 amide bonds. The predicted molar refractivity (Wildman–Crippen MR) is 103 cm³/mol. The molecule has 0 bridgehead atoms. The molecular formula is C20H25N3O3. The van der Waals surface area contributed by atoms with Gasteiger partial charge in [-0.25, -0.2) is 0 Å². The largest absolute Gasteiger partial charge is 0.336 e. The monoisotopic (exact) mass is 355 g/mol. The Morgan fingerprint density at radius 1 is 1.31 bits per heavy atom. The van der Waals surface area contributed by atoms with Gasteiger partial charge in [0.25, 0.3) is 11.6 Å². The first-order valence-electron chi connectivity index (χ1n) is 8.75. The molecule has 0 spiro atoms. The van der Waals surface area contributed by atoms with E-state index in [-0.39, 0.29) is 11.6 Å². The van der Waals surface area contributed by atoms with Gasteiger partial charge in [0.2, 0.25) is 0 Å². The number of benzene rings is 1. The van der Waals surface area contributed by atoms with Crippen LogP contribution in [0.1, 0.15) is 23.7 Å². The fraction of sp³-hybridized carbons (Fsp3) is 0.350. The second kappa shape index (κ2) is 9.68. The molecule has 1 aliphatic heterocycles. The lowest BCUT2D eigenvalue weighted by Crippen LogP contribution is -2.48. The third-order valence-corrected chi connectivity index (χ3v) is 4.39. The molecule has 0 unspecified atom stereocenters. The van der Waals surface area contributed by atoms with E-state index in [1.54, 1.807) is 23.1 Å². The number of hydrogen-bond donors (Lipinski definition) is 0. The van der Waals surface area contributed by atoms with Crippen molar-refractivity contribution in [1.29, 1.82) is 0 Å². The van der Waals surface area contributed by atoms with Crippen LogP contribution in [0, 0.1) is 10.1 Å². The highest BCUT2D eigenvalue weighted by atomic mass is 16.6. The van der Waals surface area contributed by atoms with E-state index in [1.165, 1.54) is 17.7 Å². The molecule has 1 aromatic carbocycles. The van der Waals surface area contributed by atoms with Gasteiger partial charge in [0.05, 0.1) is 4.92 Å². The van der Waals surface area contributed by atoms with E-state index < -0.39 is 4.92 Å². The smallest absolute Gasteiger partial charge is 0.270 e. The number of nitro benzene ring substituents is 1. The number of carbonyl (C=O) groups excluding carboxylic acids is 1. The summed E-state index contributed by atoms with van der Waals surface area (Å²) >= 11 is 0. The molecule has 2 rings (SSSR count). The van der Waals surface area contributed by atoms with Crippen LogP contribution in [0.4, 0.5) is 5.69 Å². The summed E-state index contributed by atoms with van der Waals surface area (Å²) in [6.45, 7) is 9.54. The summed E-state index contributed by atoms with van der Waals surface area (Å²) in [6, 6.07) is 5.92. The molecule has 0 aromatic heterocycles. The number of carbonyl (C=O) groups is 1. The standard InChI is InChI=1S/C20H25N3O3/c1-3-6-17(7-4-2)10-11-21-12-14-22(15-13-21)20(24)18-8-5-9-19(16-18)23(25)26/h3-9,16H,1,10-15H2,2H3/b7-4-,17-6+. The van der Waals surface area contributed by atoms with Crippen molar-refractivity contribution in [3.05, 3.63) is 76.4 Å². The van der Waals surface area contributed by atoms with E-state index in [4.69, 9.17) is 0 Å². The fourth-order valence-electron chi connectivity index (χ4n) is 2.98. The second-order valence-corrected chi connectivity index (χ2v) is 6.17. The van der Waals surface area contributed by atoms with E-state index in [0.717, 1.165) is 26.1 Å². The zero-order valence-corrected chi connectivity index (χ0v) is 15.1. The lowest BCUT2D eigenvalue weighted by atomic mass is 10.1. The predicted octanol–water partition coefficient (Wildman–Crippen LogP) is 3.43. The Bertz CT molecular complexity index is 717. The average molecular weight is 355 g/mol. The van der Waals surface area contributed by atoms with Gasteiger partial charge < -0.3 is 4.90 Å². The van der Waals surface area contributed by atoms with Crippen molar-refractivity contribution in [3.8, 4) is 0 Å². The number of nitro groups is 1. The maximum atomic E-state index is 12.6. The van der Waals surface area contributed by atoms with Gasteiger partial charge in [0.15, 0.2) is 0 Å².